The van der Waals surface area contributed by atoms with Crippen LogP contribution in [-0.2, 0) is 6.42 Å². The molecule has 0 bridgehead atoms. The van der Waals surface area contributed by atoms with Crippen LogP contribution in [0, 0.1) is 6.92 Å². The van der Waals surface area contributed by atoms with Gasteiger partial charge in [-0.1, -0.05) is 29.8 Å². The third-order valence-corrected chi connectivity index (χ3v) is 2.84. The van der Waals surface area contributed by atoms with Gasteiger partial charge in [0.2, 0.25) is 0 Å². The minimum absolute atomic E-state index is 0.0272. The summed E-state index contributed by atoms with van der Waals surface area (Å²) in [6.07, 6.45) is 1.83. The van der Waals surface area contributed by atoms with Crippen LogP contribution in [0.15, 0.2) is 41.0 Å². The maximum atomic E-state index is 11.9. The third kappa shape index (κ3) is 2.17. The van der Waals surface area contributed by atoms with E-state index in [1.54, 1.807) is 19.1 Å². The number of rotatable bonds is 3. The average molecular weight is 235 g/mol. The first-order valence-corrected chi connectivity index (χ1v) is 5.37. The summed E-state index contributed by atoms with van der Waals surface area (Å²) in [6.45, 7) is 1.78. The van der Waals surface area contributed by atoms with Crippen molar-refractivity contribution >= 4 is 17.4 Å². The van der Waals surface area contributed by atoms with Gasteiger partial charge < -0.3 is 4.42 Å². The van der Waals surface area contributed by atoms with Gasteiger partial charge in [-0.25, -0.2) is 0 Å². The van der Waals surface area contributed by atoms with E-state index in [0.29, 0.717) is 22.8 Å². The Morgan fingerprint density at radius 3 is 2.69 bits per heavy atom. The molecule has 0 aliphatic rings. The monoisotopic (exact) mass is 234 g/mol. The second-order valence-corrected chi connectivity index (χ2v) is 3.99. The number of Topliss-reactive ketones (excluding diaryl/α,β-unsaturated/α-hetero) is 1. The molecule has 0 spiro atoms. The first-order valence-electron chi connectivity index (χ1n) is 4.99. The number of carbonyl (C=O) groups is 1. The zero-order valence-corrected chi connectivity index (χ0v) is 9.62. The van der Waals surface area contributed by atoms with Gasteiger partial charge in [0.1, 0.15) is 5.76 Å². The Morgan fingerprint density at radius 1 is 1.31 bits per heavy atom. The van der Waals surface area contributed by atoms with Crippen molar-refractivity contribution in [2.24, 2.45) is 0 Å². The van der Waals surface area contributed by atoms with Crippen LogP contribution in [0.5, 0.6) is 0 Å². The summed E-state index contributed by atoms with van der Waals surface area (Å²) in [5.41, 5.74) is 1.47. The van der Waals surface area contributed by atoms with Gasteiger partial charge in [-0.3, -0.25) is 4.79 Å². The lowest BCUT2D eigenvalue weighted by Crippen LogP contribution is -2.04. The number of benzene rings is 1. The number of aryl methyl sites for hydroxylation is 1. The van der Waals surface area contributed by atoms with E-state index < -0.39 is 0 Å². The van der Waals surface area contributed by atoms with Crippen LogP contribution in [0.25, 0.3) is 0 Å². The Balaban J connectivity index is 2.21. The molecular weight excluding hydrogens is 224 g/mol. The third-order valence-electron chi connectivity index (χ3n) is 2.47. The second kappa shape index (κ2) is 4.54. The normalized spacial score (nSPS) is 10.4. The van der Waals surface area contributed by atoms with Gasteiger partial charge in [0.15, 0.2) is 5.78 Å². The summed E-state index contributed by atoms with van der Waals surface area (Å²) in [5, 5.41) is 0.622. The van der Waals surface area contributed by atoms with E-state index in [2.05, 4.69) is 0 Å². The molecule has 2 rings (SSSR count). The summed E-state index contributed by atoms with van der Waals surface area (Å²) < 4.78 is 5.10. The Kier molecular flexibility index (Phi) is 3.11. The molecule has 0 radical (unpaired) electrons. The molecule has 82 valence electrons. The molecule has 0 N–H and O–H groups in total. The predicted octanol–water partition coefficient (Wildman–Crippen LogP) is 3.67. The maximum absolute atomic E-state index is 11.9. The van der Waals surface area contributed by atoms with Crippen LogP contribution >= 0.6 is 11.6 Å². The van der Waals surface area contributed by atoms with Crippen molar-refractivity contribution in [1.82, 2.24) is 0 Å². The van der Waals surface area contributed by atoms with E-state index in [9.17, 15) is 4.79 Å². The quantitative estimate of drug-likeness (QED) is 0.759. The molecule has 1 aromatic carbocycles. The van der Waals surface area contributed by atoms with Crippen LogP contribution in [0.2, 0.25) is 5.02 Å². The second-order valence-electron chi connectivity index (χ2n) is 3.58. The molecule has 0 saturated heterocycles. The van der Waals surface area contributed by atoms with Crippen molar-refractivity contribution < 1.29 is 9.21 Å². The molecule has 1 heterocycles. The standard InChI is InChI=1S/C13H11ClO2/c1-9-11(6-7-16-9)13(15)8-10-4-2-3-5-12(10)14/h2-7H,8H2,1H3. The lowest BCUT2D eigenvalue weighted by Gasteiger charge is -2.02. The summed E-state index contributed by atoms with van der Waals surface area (Å²) in [7, 11) is 0. The Labute approximate surface area is 98.8 Å². The zero-order valence-electron chi connectivity index (χ0n) is 8.87. The largest absolute Gasteiger partial charge is 0.469 e. The summed E-state index contributed by atoms with van der Waals surface area (Å²) in [4.78, 5) is 11.9. The summed E-state index contributed by atoms with van der Waals surface area (Å²) in [5.74, 6) is 0.677. The number of ketones is 1. The SMILES string of the molecule is Cc1occc1C(=O)Cc1ccccc1Cl. The number of carbonyl (C=O) groups excluding carboxylic acids is 1. The van der Waals surface area contributed by atoms with Crippen LogP contribution < -0.4 is 0 Å². The maximum Gasteiger partial charge on any atom is 0.170 e. The van der Waals surface area contributed by atoms with Gasteiger partial charge in [0.05, 0.1) is 11.8 Å². The fourth-order valence-electron chi connectivity index (χ4n) is 1.58. The fraction of sp³-hybridized carbons (Fsp3) is 0.154. The minimum Gasteiger partial charge on any atom is -0.469 e. The summed E-state index contributed by atoms with van der Waals surface area (Å²) in [6, 6.07) is 9.05. The van der Waals surface area contributed by atoms with Crippen molar-refractivity contribution in [2.45, 2.75) is 13.3 Å². The first-order chi connectivity index (χ1) is 7.68. The van der Waals surface area contributed by atoms with Crippen LogP contribution in [0.3, 0.4) is 0 Å². The van der Waals surface area contributed by atoms with Gasteiger partial charge in [0.25, 0.3) is 0 Å². The van der Waals surface area contributed by atoms with E-state index in [1.807, 2.05) is 18.2 Å². The molecule has 0 amide bonds. The lowest BCUT2D eigenvalue weighted by molar-refractivity contribution is 0.0991. The first kappa shape index (κ1) is 11.0. The van der Waals surface area contributed by atoms with E-state index >= 15 is 0 Å². The van der Waals surface area contributed by atoms with Crippen LogP contribution in [0.4, 0.5) is 0 Å². The Hall–Kier alpha value is -1.54. The average Bonchev–Trinajstić information content (AvgIpc) is 2.68. The van der Waals surface area contributed by atoms with E-state index in [1.165, 1.54) is 6.26 Å². The molecule has 2 aromatic rings. The van der Waals surface area contributed by atoms with Crippen LogP contribution in [-0.4, -0.2) is 5.78 Å². The van der Waals surface area contributed by atoms with Crippen LogP contribution in [0.1, 0.15) is 21.7 Å². The highest BCUT2D eigenvalue weighted by atomic mass is 35.5. The number of halogens is 1. The Bertz CT molecular complexity index is 514. The zero-order chi connectivity index (χ0) is 11.5. The molecule has 16 heavy (non-hydrogen) atoms. The highest BCUT2D eigenvalue weighted by Crippen LogP contribution is 2.18. The highest BCUT2D eigenvalue weighted by molar-refractivity contribution is 6.31. The molecule has 1 aromatic heterocycles. The molecule has 0 aliphatic heterocycles. The predicted molar refractivity (Wildman–Crippen MR) is 62.9 cm³/mol. The van der Waals surface area contributed by atoms with Gasteiger partial charge >= 0.3 is 0 Å². The number of hydrogen-bond acceptors (Lipinski definition) is 2. The smallest absolute Gasteiger partial charge is 0.170 e. The molecule has 0 atom stereocenters. The van der Waals surface area contributed by atoms with Crippen molar-refractivity contribution in [3.63, 3.8) is 0 Å². The highest BCUT2D eigenvalue weighted by Gasteiger charge is 2.13. The molecule has 0 unspecified atom stereocenters. The van der Waals surface area contributed by atoms with Gasteiger partial charge in [-0.2, -0.15) is 0 Å². The van der Waals surface area contributed by atoms with Crippen molar-refractivity contribution in [3.05, 3.63) is 58.5 Å². The van der Waals surface area contributed by atoms with E-state index in [0.717, 1.165) is 5.56 Å². The van der Waals surface area contributed by atoms with Crippen molar-refractivity contribution in [3.8, 4) is 0 Å². The minimum atomic E-state index is 0.0272. The molecule has 3 heteroatoms. The summed E-state index contributed by atoms with van der Waals surface area (Å²) >= 11 is 5.99. The van der Waals surface area contributed by atoms with E-state index in [-0.39, 0.29) is 5.78 Å². The molecule has 0 fully saturated rings. The molecular formula is C13H11ClO2. The Morgan fingerprint density at radius 2 is 2.06 bits per heavy atom. The topological polar surface area (TPSA) is 30.2 Å². The van der Waals surface area contributed by atoms with Crippen molar-refractivity contribution in [2.75, 3.05) is 0 Å². The molecule has 2 nitrogen and oxygen atoms in total. The van der Waals surface area contributed by atoms with Gasteiger partial charge in [0, 0.05) is 11.4 Å². The fourth-order valence-corrected chi connectivity index (χ4v) is 1.79. The molecule has 0 saturated carbocycles. The number of hydrogen-bond donors (Lipinski definition) is 0. The van der Waals surface area contributed by atoms with Gasteiger partial charge in [-0.05, 0) is 24.6 Å². The molecule has 0 aliphatic carbocycles. The number of furan rings is 1. The van der Waals surface area contributed by atoms with Crippen molar-refractivity contribution in [1.29, 1.82) is 0 Å². The van der Waals surface area contributed by atoms with E-state index in [4.69, 9.17) is 16.0 Å². The van der Waals surface area contributed by atoms with Gasteiger partial charge in [-0.15, -0.1) is 0 Å². The lowest BCUT2D eigenvalue weighted by atomic mass is 10.0.